The van der Waals surface area contributed by atoms with Gasteiger partial charge in [0.25, 0.3) is 0 Å². The molecule has 1 aromatic heterocycles. The van der Waals surface area contributed by atoms with Crippen molar-refractivity contribution in [1.82, 2.24) is 0 Å². The molecule has 0 bridgehead atoms. The second kappa shape index (κ2) is 6.46. The van der Waals surface area contributed by atoms with Gasteiger partial charge >= 0.3 is 0 Å². The molecule has 0 saturated carbocycles. The minimum absolute atomic E-state index is 0.820. The molecule has 0 unspecified atom stereocenters. The molecule has 1 aromatic rings. The van der Waals surface area contributed by atoms with Gasteiger partial charge in [-0.2, -0.15) is 0 Å². The zero-order valence-corrected chi connectivity index (χ0v) is 9.84. The number of hydrogen-bond donors (Lipinski definition) is 0. The molecule has 74 valence electrons. The van der Waals surface area contributed by atoms with Gasteiger partial charge in [0, 0.05) is 6.61 Å². The van der Waals surface area contributed by atoms with Crippen LogP contribution in [-0.2, 0) is 11.2 Å². The summed E-state index contributed by atoms with van der Waals surface area (Å²) < 4.78 is 6.73. The molecule has 0 amide bonds. The molecule has 3 heteroatoms. The SMILES string of the molecule is CCOCCc1csc(SCC)c1. The number of ether oxygens (including phenoxy) is 1. The van der Waals surface area contributed by atoms with Crippen molar-refractivity contribution >= 4 is 23.1 Å². The van der Waals surface area contributed by atoms with E-state index in [0.717, 1.165) is 25.4 Å². The summed E-state index contributed by atoms with van der Waals surface area (Å²) in [6, 6.07) is 2.28. The van der Waals surface area contributed by atoms with E-state index in [4.69, 9.17) is 4.74 Å². The van der Waals surface area contributed by atoms with Crippen LogP contribution in [0.15, 0.2) is 15.7 Å². The van der Waals surface area contributed by atoms with E-state index in [1.54, 1.807) is 0 Å². The Hall–Kier alpha value is 0.01000. The molecule has 0 saturated heterocycles. The zero-order valence-electron chi connectivity index (χ0n) is 8.21. The van der Waals surface area contributed by atoms with Gasteiger partial charge < -0.3 is 4.74 Å². The van der Waals surface area contributed by atoms with E-state index in [2.05, 4.69) is 18.4 Å². The maximum Gasteiger partial charge on any atom is 0.0601 e. The molecule has 0 fully saturated rings. The third-order valence-electron chi connectivity index (χ3n) is 1.66. The fraction of sp³-hybridized carbons (Fsp3) is 0.600. The summed E-state index contributed by atoms with van der Waals surface area (Å²) in [5.41, 5.74) is 1.41. The largest absolute Gasteiger partial charge is 0.381 e. The second-order valence-corrected chi connectivity index (χ2v) is 5.13. The van der Waals surface area contributed by atoms with Crippen molar-refractivity contribution in [3.05, 3.63) is 17.0 Å². The van der Waals surface area contributed by atoms with Gasteiger partial charge in [-0.1, -0.05) is 6.92 Å². The molecular formula is C10H16OS2. The molecule has 1 heterocycles. The van der Waals surface area contributed by atoms with E-state index in [-0.39, 0.29) is 0 Å². The molecule has 0 spiro atoms. The fourth-order valence-electron chi connectivity index (χ4n) is 1.04. The third-order valence-corrected chi connectivity index (χ3v) is 3.76. The van der Waals surface area contributed by atoms with E-state index >= 15 is 0 Å². The smallest absolute Gasteiger partial charge is 0.0601 e. The highest BCUT2D eigenvalue weighted by Crippen LogP contribution is 2.26. The van der Waals surface area contributed by atoms with E-state index in [9.17, 15) is 0 Å². The predicted octanol–water partition coefficient (Wildman–Crippen LogP) is 3.44. The predicted molar refractivity (Wildman–Crippen MR) is 60.9 cm³/mol. The van der Waals surface area contributed by atoms with Gasteiger partial charge in [-0.15, -0.1) is 23.1 Å². The highest BCUT2D eigenvalue weighted by molar-refractivity contribution is 8.01. The van der Waals surface area contributed by atoms with Crippen LogP contribution in [0, 0.1) is 0 Å². The standard InChI is InChI=1S/C10H16OS2/c1-3-11-6-5-9-7-10(12-4-2)13-8-9/h7-8H,3-6H2,1-2H3. The third kappa shape index (κ3) is 4.16. The van der Waals surface area contributed by atoms with E-state index in [0.29, 0.717) is 0 Å². The van der Waals surface area contributed by atoms with Crippen LogP contribution in [0.5, 0.6) is 0 Å². The first-order valence-corrected chi connectivity index (χ1v) is 6.51. The summed E-state index contributed by atoms with van der Waals surface area (Å²) in [6.07, 6.45) is 1.05. The molecule has 0 aromatic carbocycles. The summed E-state index contributed by atoms with van der Waals surface area (Å²) in [5.74, 6) is 1.16. The maximum absolute atomic E-state index is 5.30. The number of rotatable bonds is 6. The summed E-state index contributed by atoms with van der Waals surface area (Å²) in [5, 5.41) is 2.23. The van der Waals surface area contributed by atoms with Gasteiger partial charge in [-0.25, -0.2) is 0 Å². The second-order valence-electron chi connectivity index (χ2n) is 2.65. The number of thioether (sulfide) groups is 1. The van der Waals surface area contributed by atoms with Gasteiger partial charge in [-0.05, 0) is 36.1 Å². The Morgan fingerprint density at radius 1 is 1.46 bits per heavy atom. The van der Waals surface area contributed by atoms with Crippen LogP contribution in [-0.4, -0.2) is 19.0 Å². The molecule has 0 N–H and O–H groups in total. The Kier molecular flexibility index (Phi) is 5.51. The maximum atomic E-state index is 5.30. The molecular weight excluding hydrogens is 200 g/mol. The summed E-state index contributed by atoms with van der Waals surface area (Å²) in [4.78, 5) is 0. The van der Waals surface area contributed by atoms with Crippen LogP contribution in [0.25, 0.3) is 0 Å². The van der Waals surface area contributed by atoms with Gasteiger partial charge in [0.1, 0.15) is 0 Å². The summed E-state index contributed by atoms with van der Waals surface area (Å²) in [7, 11) is 0. The van der Waals surface area contributed by atoms with E-state index < -0.39 is 0 Å². The number of thiophene rings is 1. The van der Waals surface area contributed by atoms with E-state index in [1.165, 1.54) is 9.77 Å². The Morgan fingerprint density at radius 3 is 3.00 bits per heavy atom. The Balaban J connectivity index is 2.31. The molecule has 0 aliphatic heterocycles. The van der Waals surface area contributed by atoms with Crippen molar-refractivity contribution < 1.29 is 4.74 Å². The molecule has 1 rings (SSSR count). The van der Waals surface area contributed by atoms with Crippen molar-refractivity contribution in [2.45, 2.75) is 24.5 Å². The number of hydrogen-bond acceptors (Lipinski definition) is 3. The van der Waals surface area contributed by atoms with E-state index in [1.807, 2.05) is 30.0 Å². The van der Waals surface area contributed by atoms with Crippen LogP contribution in [0.2, 0.25) is 0 Å². The minimum Gasteiger partial charge on any atom is -0.381 e. The summed E-state index contributed by atoms with van der Waals surface area (Å²) >= 11 is 3.75. The van der Waals surface area contributed by atoms with Crippen molar-refractivity contribution in [1.29, 1.82) is 0 Å². The monoisotopic (exact) mass is 216 g/mol. The van der Waals surface area contributed by atoms with Crippen LogP contribution in [0.1, 0.15) is 19.4 Å². The van der Waals surface area contributed by atoms with Gasteiger partial charge in [0.2, 0.25) is 0 Å². The van der Waals surface area contributed by atoms with Crippen LogP contribution >= 0.6 is 23.1 Å². The highest BCUT2D eigenvalue weighted by Gasteiger charge is 1.98. The average Bonchev–Trinajstić information content (AvgIpc) is 2.54. The lowest BCUT2D eigenvalue weighted by molar-refractivity contribution is 0.151. The molecule has 13 heavy (non-hydrogen) atoms. The van der Waals surface area contributed by atoms with Crippen LogP contribution in [0.3, 0.4) is 0 Å². The van der Waals surface area contributed by atoms with Gasteiger partial charge in [-0.3, -0.25) is 0 Å². The molecule has 0 aliphatic carbocycles. The molecule has 1 nitrogen and oxygen atoms in total. The molecule has 0 aliphatic rings. The molecule has 0 radical (unpaired) electrons. The van der Waals surface area contributed by atoms with Crippen molar-refractivity contribution in [2.24, 2.45) is 0 Å². The topological polar surface area (TPSA) is 9.23 Å². The lowest BCUT2D eigenvalue weighted by atomic mass is 10.3. The Bertz CT molecular complexity index is 233. The van der Waals surface area contributed by atoms with Crippen LogP contribution < -0.4 is 0 Å². The van der Waals surface area contributed by atoms with Crippen molar-refractivity contribution in [3.8, 4) is 0 Å². The van der Waals surface area contributed by atoms with Crippen LogP contribution in [0.4, 0.5) is 0 Å². The van der Waals surface area contributed by atoms with Crippen molar-refractivity contribution in [3.63, 3.8) is 0 Å². The first kappa shape index (κ1) is 11.1. The quantitative estimate of drug-likeness (QED) is 0.532. The fourth-order valence-corrected chi connectivity index (χ4v) is 3.00. The first-order valence-electron chi connectivity index (χ1n) is 4.64. The summed E-state index contributed by atoms with van der Waals surface area (Å²) in [6.45, 7) is 5.89. The zero-order chi connectivity index (χ0) is 9.52. The van der Waals surface area contributed by atoms with Crippen molar-refractivity contribution in [2.75, 3.05) is 19.0 Å². The van der Waals surface area contributed by atoms with Gasteiger partial charge in [0.05, 0.1) is 10.8 Å². The first-order chi connectivity index (χ1) is 6.36. The lowest BCUT2D eigenvalue weighted by Crippen LogP contribution is -1.96. The average molecular weight is 216 g/mol. The lowest BCUT2D eigenvalue weighted by Gasteiger charge is -1.97. The minimum atomic E-state index is 0.820. The molecule has 0 atom stereocenters. The Labute approximate surface area is 88.5 Å². The normalized spacial score (nSPS) is 10.6. The highest BCUT2D eigenvalue weighted by atomic mass is 32.2. The Morgan fingerprint density at radius 2 is 2.31 bits per heavy atom. The van der Waals surface area contributed by atoms with Gasteiger partial charge in [0.15, 0.2) is 0 Å².